The number of rotatable bonds is 4. The third-order valence-electron chi connectivity index (χ3n) is 2.59. The van der Waals surface area contributed by atoms with Crippen LogP contribution in [0.5, 0.6) is 5.75 Å². The van der Waals surface area contributed by atoms with Gasteiger partial charge in [-0.1, -0.05) is 12.1 Å². The highest BCUT2D eigenvalue weighted by atomic mass is 16.6. The van der Waals surface area contributed by atoms with Crippen molar-refractivity contribution in [1.29, 1.82) is 0 Å². The van der Waals surface area contributed by atoms with Crippen molar-refractivity contribution in [2.75, 3.05) is 13.7 Å². The summed E-state index contributed by atoms with van der Waals surface area (Å²) in [6.07, 6.45) is -0.440. The van der Waals surface area contributed by atoms with Gasteiger partial charge in [-0.2, -0.15) is 0 Å². The minimum Gasteiger partial charge on any atom is -0.497 e. The van der Waals surface area contributed by atoms with Crippen LogP contribution in [-0.4, -0.2) is 37.0 Å². The van der Waals surface area contributed by atoms with Crippen LogP contribution in [0.15, 0.2) is 24.3 Å². The second kappa shape index (κ2) is 4.86. The van der Waals surface area contributed by atoms with E-state index in [4.69, 9.17) is 9.47 Å². The maximum atomic E-state index is 11.4. The lowest BCUT2D eigenvalue weighted by Crippen LogP contribution is -2.24. The van der Waals surface area contributed by atoms with Crippen LogP contribution < -0.4 is 4.74 Å². The Labute approximate surface area is 98.9 Å². The average Bonchev–Trinajstić information content (AvgIpc) is 2.71. The van der Waals surface area contributed by atoms with Gasteiger partial charge in [0.25, 0.3) is 0 Å². The number of nitrogens with zero attached hydrogens (tertiary/aromatic N) is 1. The Hall–Kier alpha value is -2.04. The normalized spacial score (nSPS) is 19.0. The fourth-order valence-electron chi connectivity index (χ4n) is 1.68. The molecule has 1 aromatic rings. The Morgan fingerprint density at radius 1 is 1.47 bits per heavy atom. The highest BCUT2D eigenvalue weighted by Crippen LogP contribution is 2.16. The number of carbonyl (C=O) groups excluding carboxylic acids is 2. The van der Waals surface area contributed by atoms with Crippen LogP contribution in [0.3, 0.4) is 0 Å². The van der Waals surface area contributed by atoms with Gasteiger partial charge in [-0.15, -0.1) is 0 Å². The topological polar surface area (TPSA) is 55.8 Å². The summed E-state index contributed by atoms with van der Waals surface area (Å²) in [6, 6.07) is 7.41. The molecule has 0 aliphatic carbocycles. The number of amides is 1. The van der Waals surface area contributed by atoms with Gasteiger partial charge >= 0.3 is 6.09 Å². The molecule has 0 saturated carbocycles. The molecule has 2 rings (SSSR count). The van der Waals surface area contributed by atoms with E-state index in [0.29, 0.717) is 19.4 Å². The molecule has 1 saturated heterocycles. The van der Waals surface area contributed by atoms with Crippen LogP contribution in [0.1, 0.15) is 5.56 Å². The summed E-state index contributed by atoms with van der Waals surface area (Å²) in [7, 11) is 1.60. The van der Waals surface area contributed by atoms with E-state index in [-0.39, 0.29) is 0 Å². The molecular weight excluding hydrogens is 222 g/mol. The Kier molecular flexibility index (Phi) is 3.27. The summed E-state index contributed by atoms with van der Waals surface area (Å²) in [5.74, 6) is 0.767. The monoisotopic (exact) mass is 235 g/mol. The van der Waals surface area contributed by atoms with Crippen molar-refractivity contribution in [3.8, 4) is 5.75 Å². The molecule has 17 heavy (non-hydrogen) atoms. The number of benzene rings is 1. The summed E-state index contributed by atoms with van der Waals surface area (Å²) in [5, 5.41) is 0. The highest BCUT2D eigenvalue weighted by molar-refractivity contribution is 5.75. The van der Waals surface area contributed by atoms with E-state index in [9.17, 15) is 9.59 Å². The Balaban J connectivity index is 2.00. The first-order valence-corrected chi connectivity index (χ1v) is 5.26. The second-order valence-electron chi connectivity index (χ2n) is 3.79. The lowest BCUT2D eigenvalue weighted by atomic mass is 10.2. The fraction of sp³-hybridized carbons (Fsp3) is 0.333. The van der Waals surface area contributed by atoms with Gasteiger partial charge < -0.3 is 9.47 Å². The molecule has 5 heteroatoms. The molecule has 0 radical (unpaired) electrons. The van der Waals surface area contributed by atoms with Gasteiger partial charge in [0, 0.05) is 6.54 Å². The zero-order valence-corrected chi connectivity index (χ0v) is 9.46. The standard InChI is InChI=1S/C12H13NO4/c1-16-10-4-2-9(3-5-10)6-13-7-11(8-14)17-12(13)15/h2-5,8,11H,6-7H2,1H3/t11-/m0/s1. The van der Waals surface area contributed by atoms with E-state index in [0.717, 1.165) is 11.3 Å². The Morgan fingerprint density at radius 3 is 2.71 bits per heavy atom. The zero-order chi connectivity index (χ0) is 12.3. The van der Waals surface area contributed by atoms with Gasteiger partial charge in [0.05, 0.1) is 13.7 Å². The molecule has 1 aromatic carbocycles. The molecule has 0 aromatic heterocycles. The van der Waals surface area contributed by atoms with Gasteiger partial charge in [0.1, 0.15) is 5.75 Å². The first kappa shape index (κ1) is 11.4. The Bertz CT molecular complexity index is 415. The number of methoxy groups -OCH3 is 1. The first-order chi connectivity index (χ1) is 8.22. The summed E-state index contributed by atoms with van der Waals surface area (Å²) < 4.78 is 9.88. The number of cyclic esters (lactones) is 1. The minimum atomic E-state index is -0.638. The van der Waals surface area contributed by atoms with Crippen LogP contribution >= 0.6 is 0 Å². The number of aldehydes is 1. The van der Waals surface area contributed by atoms with Crippen molar-refractivity contribution in [3.05, 3.63) is 29.8 Å². The number of hydrogen-bond acceptors (Lipinski definition) is 4. The molecule has 1 aliphatic heterocycles. The van der Waals surface area contributed by atoms with Gasteiger partial charge in [0.2, 0.25) is 0 Å². The minimum absolute atomic E-state index is 0.314. The van der Waals surface area contributed by atoms with Crippen molar-refractivity contribution < 1.29 is 19.1 Å². The zero-order valence-electron chi connectivity index (χ0n) is 9.46. The van der Waals surface area contributed by atoms with E-state index in [1.807, 2.05) is 24.3 Å². The molecule has 1 amide bonds. The van der Waals surface area contributed by atoms with Crippen molar-refractivity contribution in [1.82, 2.24) is 4.90 Å². The molecule has 1 atom stereocenters. The smallest absolute Gasteiger partial charge is 0.410 e. The van der Waals surface area contributed by atoms with Crippen LogP contribution in [-0.2, 0) is 16.1 Å². The summed E-state index contributed by atoms with van der Waals surface area (Å²) in [6.45, 7) is 0.752. The second-order valence-corrected chi connectivity index (χ2v) is 3.79. The fourth-order valence-corrected chi connectivity index (χ4v) is 1.68. The third kappa shape index (κ3) is 2.55. The van der Waals surface area contributed by atoms with Crippen molar-refractivity contribution in [3.63, 3.8) is 0 Å². The molecule has 90 valence electrons. The predicted molar refractivity (Wildman–Crippen MR) is 59.7 cm³/mol. The molecule has 0 N–H and O–H groups in total. The predicted octanol–water partition coefficient (Wildman–Crippen LogP) is 1.21. The SMILES string of the molecule is COc1ccc(CN2C[C@@H](C=O)OC2=O)cc1. The van der Waals surface area contributed by atoms with E-state index >= 15 is 0 Å². The summed E-state index contributed by atoms with van der Waals surface area (Å²) >= 11 is 0. The summed E-state index contributed by atoms with van der Waals surface area (Å²) in [4.78, 5) is 23.4. The molecule has 1 heterocycles. The summed E-state index contributed by atoms with van der Waals surface area (Å²) in [5.41, 5.74) is 0.967. The van der Waals surface area contributed by atoms with Crippen LogP contribution in [0.25, 0.3) is 0 Å². The molecule has 0 spiro atoms. The highest BCUT2D eigenvalue weighted by Gasteiger charge is 2.30. The number of ether oxygens (including phenoxy) is 2. The van der Waals surface area contributed by atoms with Crippen LogP contribution in [0.4, 0.5) is 4.79 Å². The van der Waals surface area contributed by atoms with E-state index in [2.05, 4.69) is 0 Å². The maximum absolute atomic E-state index is 11.4. The van der Waals surface area contributed by atoms with Crippen LogP contribution in [0, 0.1) is 0 Å². The quantitative estimate of drug-likeness (QED) is 0.736. The molecule has 5 nitrogen and oxygen atoms in total. The van der Waals surface area contributed by atoms with Crippen molar-refractivity contribution >= 4 is 12.4 Å². The molecule has 0 bridgehead atoms. The average molecular weight is 235 g/mol. The third-order valence-corrected chi connectivity index (χ3v) is 2.59. The van der Waals surface area contributed by atoms with Crippen molar-refractivity contribution in [2.24, 2.45) is 0 Å². The van der Waals surface area contributed by atoms with Crippen LogP contribution in [0.2, 0.25) is 0 Å². The van der Waals surface area contributed by atoms with E-state index < -0.39 is 12.2 Å². The van der Waals surface area contributed by atoms with Gasteiger partial charge in [-0.3, -0.25) is 9.69 Å². The molecule has 1 fully saturated rings. The first-order valence-electron chi connectivity index (χ1n) is 5.26. The molecule has 0 unspecified atom stereocenters. The van der Waals surface area contributed by atoms with Gasteiger partial charge in [-0.25, -0.2) is 4.79 Å². The molecular formula is C12H13NO4. The van der Waals surface area contributed by atoms with Gasteiger partial charge in [-0.05, 0) is 17.7 Å². The maximum Gasteiger partial charge on any atom is 0.410 e. The number of hydrogen-bond donors (Lipinski definition) is 0. The lowest BCUT2D eigenvalue weighted by molar-refractivity contribution is -0.113. The van der Waals surface area contributed by atoms with Crippen molar-refractivity contribution in [2.45, 2.75) is 12.6 Å². The largest absolute Gasteiger partial charge is 0.497 e. The lowest BCUT2D eigenvalue weighted by Gasteiger charge is -2.12. The van der Waals surface area contributed by atoms with E-state index in [1.165, 1.54) is 4.90 Å². The molecule has 1 aliphatic rings. The Morgan fingerprint density at radius 2 is 2.18 bits per heavy atom. The van der Waals surface area contributed by atoms with Gasteiger partial charge in [0.15, 0.2) is 12.4 Å². The van der Waals surface area contributed by atoms with E-state index in [1.54, 1.807) is 7.11 Å². The number of carbonyl (C=O) groups is 2.